The summed E-state index contributed by atoms with van der Waals surface area (Å²) in [5.74, 6) is 0.278. The molecule has 4 heterocycles. The van der Waals surface area contributed by atoms with Crippen LogP contribution in [0.5, 0.6) is 0 Å². The van der Waals surface area contributed by atoms with Crippen LogP contribution in [0.3, 0.4) is 0 Å². The molecule has 0 radical (unpaired) electrons. The molecule has 0 amide bonds. The number of rotatable bonds is 1. The van der Waals surface area contributed by atoms with Crippen molar-refractivity contribution in [3.8, 4) is 0 Å². The van der Waals surface area contributed by atoms with E-state index in [4.69, 9.17) is 0 Å². The Bertz CT molecular complexity index is 1010. The number of nitrogens with one attached hydrogen (secondary N) is 1. The summed E-state index contributed by atoms with van der Waals surface area (Å²) in [6.45, 7) is 5.04. The van der Waals surface area contributed by atoms with Crippen LogP contribution in [0.4, 0.5) is 10.7 Å². The van der Waals surface area contributed by atoms with Crippen LogP contribution >= 0.6 is 11.3 Å². The Morgan fingerprint density at radius 2 is 2.20 bits per heavy atom. The van der Waals surface area contributed by atoms with E-state index in [0.717, 1.165) is 40.1 Å². The third kappa shape index (κ3) is 2.05. The van der Waals surface area contributed by atoms with Gasteiger partial charge in [0.05, 0.1) is 16.5 Å². The first-order valence-corrected chi connectivity index (χ1v) is 9.41. The maximum atomic E-state index is 13.2. The van der Waals surface area contributed by atoms with Gasteiger partial charge in [0, 0.05) is 28.7 Å². The molecule has 0 bridgehead atoms. The summed E-state index contributed by atoms with van der Waals surface area (Å²) in [7, 11) is 0. The van der Waals surface area contributed by atoms with Crippen LogP contribution in [0.25, 0.3) is 10.9 Å². The number of nitrogens with zero attached hydrogens (tertiary/aromatic N) is 2. The summed E-state index contributed by atoms with van der Waals surface area (Å²) in [6, 6.07) is 12.4. The number of carbonyl (C=O) groups is 1. The summed E-state index contributed by atoms with van der Waals surface area (Å²) >= 11 is 1.67. The van der Waals surface area contributed by atoms with Crippen LogP contribution in [0.2, 0.25) is 0 Å². The number of hydrogen-bond acceptors (Lipinski definition) is 5. The Morgan fingerprint density at radius 1 is 1.32 bits per heavy atom. The summed E-state index contributed by atoms with van der Waals surface area (Å²) < 4.78 is 0. The number of thiophene rings is 1. The highest BCUT2D eigenvalue weighted by Crippen LogP contribution is 2.48. The van der Waals surface area contributed by atoms with E-state index < -0.39 is 0 Å². The first-order valence-electron chi connectivity index (χ1n) is 8.59. The van der Waals surface area contributed by atoms with E-state index in [0.29, 0.717) is 0 Å². The van der Waals surface area contributed by atoms with Gasteiger partial charge in [-0.1, -0.05) is 6.07 Å². The average molecular weight is 349 g/mol. The molecule has 0 spiro atoms. The van der Waals surface area contributed by atoms with Crippen LogP contribution in [0, 0.1) is 12.3 Å². The fraction of sp³-hybridized carbons (Fsp3) is 0.300. The highest BCUT2D eigenvalue weighted by molar-refractivity contribution is 7.16. The molecule has 5 rings (SSSR count). The van der Waals surface area contributed by atoms with E-state index in [-0.39, 0.29) is 17.4 Å². The number of ketones is 1. The van der Waals surface area contributed by atoms with Gasteiger partial charge in [-0.3, -0.25) is 9.78 Å². The average Bonchev–Trinajstić information content (AvgIpc) is 3.16. The van der Waals surface area contributed by atoms with Gasteiger partial charge in [-0.2, -0.15) is 0 Å². The second kappa shape index (κ2) is 5.05. The van der Waals surface area contributed by atoms with Crippen molar-refractivity contribution in [2.24, 2.45) is 5.41 Å². The maximum absolute atomic E-state index is 13.2. The molecule has 0 aliphatic carbocycles. The lowest BCUT2D eigenvalue weighted by Gasteiger charge is -2.39. The van der Waals surface area contributed by atoms with Gasteiger partial charge in [0.1, 0.15) is 11.2 Å². The minimum Gasteiger partial charge on any atom is -0.355 e. The maximum Gasteiger partial charge on any atom is 0.175 e. The number of aromatic nitrogens is 1. The van der Waals surface area contributed by atoms with Crippen molar-refractivity contribution in [2.75, 3.05) is 16.8 Å². The number of Topliss-reactive ketones (excluding diaryl/α,β-unsaturated/α-hetero) is 1. The van der Waals surface area contributed by atoms with Gasteiger partial charge >= 0.3 is 0 Å². The molecule has 5 heteroatoms. The van der Waals surface area contributed by atoms with E-state index in [1.807, 2.05) is 18.3 Å². The van der Waals surface area contributed by atoms with Gasteiger partial charge in [-0.05, 0) is 50.6 Å². The van der Waals surface area contributed by atoms with Crippen molar-refractivity contribution in [1.29, 1.82) is 0 Å². The minimum absolute atomic E-state index is 0.000304. The lowest BCUT2D eigenvalue weighted by Crippen LogP contribution is -2.50. The van der Waals surface area contributed by atoms with Gasteiger partial charge in [0.2, 0.25) is 0 Å². The van der Waals surface area contributed by atoms with E-state index in [1.165, 1.54) is 4.88 Å². The van der Waals surface area contributed by atoms with Crippen molar-refractivity contribution < 1.29 is 4.79 Å². The molecule has 0 saturated carbocycles. The molecule has 1 aromatic carbocycles. The molecule has 1 unspecified atom stereocenters. The zero-order valence-electron chi connectivity index (χ0n) is 14.2. The van der Waals surface area contributed by atoms with E-state index in [1.54, 1.807) is 11.3 Å². The predicted molar refractivity (Wildman–Crippen MR) is 103 cm³/mol. The normalized spacial score (nSPS) is 25.0. The minimum atomic E-state index is -0.385. The van der Waals surface area contributed by atoms with Crippen LogP contribution in [-0.2, 0) is 0 Å². The fourth-order valence-corrected chi connectivity index (χ4v) is 5.11. The van der Waals surface area contributed by atoms with Crippen LogP contribution in [-0.4, -0.2) is 23.5 Å². The summed E-state index contributed by atoms with van der Waals surface area (Å²) in [5, 5.41) is 5.80. The quantitative estimate of drug-likeness (QED) is 0.705. The lowest BCUT2D eigenvalue weighted by atomic mass is 9.77. The molecule has 2 atom stereocenters. The monoisotopic (exact) mass is 349 g/mol. The van der Waals surface area contributed by atoms with Crippen molar-refractivity contribution >= 4 is 38.7 Å². The lowest BCUT2D eigenvalue weighted by molar-refractivity contribution is 0.0804. The SMILES string of the molecule is Cc1cc2c(s1)NC1N(c3ccc4ncccc4c3)CC[C@@]1(C)C2=O. The second-order valence-corrected chi connectivity index (χ2v) is 8.47. The Hall–Kier alpha value is -2.40. The third-order valence-electron chi connectivity index (χ3n) is 5.59. The fourth-order valence-electron chi connectivity index (χ4n) is 4.18. The number of anilines is 2. The topological polar surface area (TPSA) is 45.2 Å². The van der Waals surface area contributed by atoms with E-state index >= 15 is 0 Å². The van der Waals surface area contributed by atoms with Gasteiger partial charge in [-0.25, -0.2) is 0 Å². The molecular formula is C20H19N3OS. The zero-order chi connectivity index (χ0) is 17.2. The number of benzene rings is 1. The van der Waals surface area contributed by atoms with Gasteiger partial charge in [-0.15, -0.1) is 11.3 Å². The van der Waals surface area contributed by atoms with Crippen molar-refractivity contribution in [2.45, 2.75) is 26.4 Å². The first kappa shape index (κ1) is 14.9. The Balaban J connectivity index is 1.59. The zero-order valence-corrected chi connectivity index (χ0v) is 15.1. The molecular weight excluding hydrogens is 330 g/mol. The molecule has 2 aromatic heterocycles. The molecule has 2 aliphatic heterocycles. The molecule has 1 N–H and O–H groups in total. The highest BCUT2D eigenvalue weighted by Gasteiger charge is 2.53. The van der Waals surface area contributed by atoms with Gasteiger partial charge in [0.15, 0.2) is 5.78 Å². The summed E-state index contributed by atoms with van der Waals surface area (Å²) in [5.41, 5.74) is 2.62. The number of aryl methyl sites for hydroxylation is 1. The molecule has 1 fully saturated rings. The van der Waals surface area contributed by atoms with Crippen LogP contribution in [0.1, 0.15) is 28.6 Å². The van der Waals surface area contributed by atoms with E-state index in [2.05, 4.69) is 53.3 Å². The molecule has 126 valence electrons. The van der Waals surface area contributed by atoms with Crippen LogP contribution in [0.15, 0.2) is 42.6 Å². The van der Waals surface area contributed by atoms with Crippen molar-refractivity contribution in [1.82, 2.24) is 4.98 Å². The van der Waals surface area contributed by atoms with Crippen molar-refractivity contribution in [3.63, 3.8) is 0 Å². The predicted octanol–water partition coefficient (Wildman–Crippen LogP) is 4.46. The van der Waals surface area contributed by atoms with Crippen LogP contribution < -0.4 is 10.2 Å². The molecule has 3 aromatic rings. The smallest absolute Gasteiger partial charge is 0.175 e. The number of fused-ring (bicyclic) bond motifs is 3. The Labute approximate surface area is 150 Å². The molecule has 1 saturated heterocycles. The van der Waals surface area contributed by atoms with Gasteiger partial charge < -0.3 is 10.2 Å². The Kier molecular flexibility index (Phi) is 3.01. The molecule has 25 heavy (non-hydrogen) atoms. The third-order valence-corrected chi connectivity index (χ3v) is 6.57. The molecule has 2 aliphatic rings. The number of pyridine rings is 1. The molecule has 4 nitrogen and oxygen atoms in total. The Morgan fingerprint density at radius 3 is 3.08 bits per heavy atom. The number of hydrogen-bond donors (Lipinski definition) is 1. The summed E-state index contributed by atoms with van der Waals surface area (Å²) in [6.07, 6.45) is 2.68. The first-order chi connectivity index (χ1) is 12.1. The van der Waals surface area contributed by atoms with E-state index in [9.17, 15) is 4.79 Å². The van der Waals surface area contributed by atoms with Crippen molar-refractivity contribution in [3.05, 3.63) is 53.0 Å². The standard InChI is InChI=1S/C20H19N3OS/c1-12-10-15-17(24)20(2)7-9-23(19(20)22-18(15)25-12)14-5-6-16-13(11-14)4-3-8-21-16/h3-6,8,10-11,19,22H,7,9H2,1-2H3/t19?,20-/m0/s1. The number of carbonyl (C=O) groups excluding carboxylic acids is 1. The van der Waals surface area contributed by atoms with Gasteiger partial charge in [0.25, 0.3) is 0 Å². The largest absolute Gasteiger partial charge is 0.355 e. The highest BCUT2D eigenvalue weighted by atomic mass is 32.1. The summed E-state index contributed by atoms with van der Waals surface area (Å²) in [4.78, 5) is 21.1. The second-order valence-electron chi connectivity index (χ2n) is 7.22.